The lowest BCUT2D eigenvalue weighted by Gasteiger charge is -2.11. The predicted molar refractivity (Wildman–Crippen MR) is 96.6 cm³/mol. The number of anilines is 1. The smallest absolute Gasteiger partial charge is 0.263 e. The Morgan fingerprint density at radius 1 is 1.00 bits per heavy atom. The van der Waals surface area contributed by atoms with Gasteiger partial charge in [0, 0.05) is 11.8 Å². The van der Waals surface area contributed by atoms with Gasteiger partial charge in [-0.1, -0.05) is 12.1 Å². The number of nitrogens with zero attached hydrogens (tertiary/aromatic N) is 1. The molecule has 3 aromatic rings. The van der Waals surface area contributed by atoms with Crippen LogP contribution in [0, 0.1) is 12.7 Å². The minimum Gasteiger partial charge on any atom is -0.263 e. The first-order valence-electron chi connectivity index (χ1n) is 7.99. The molecule has 0 atom stereocenters. The van der Waals surface area contributed by atoms with Gasteiger partial charge in [0.05, 0.1) is 10.5 Å². The molecule has 0 aliphatic rings. The fraction of sp³-hybridized carbons (Fsp3) is 0.105. The van der Waals surface area contributed by atoms with Crippen molar-refractivity contribution >= 4 is 15.8 Å². The van der Waals surface area contributed by atoms with Crippen molar-refractivity contribution in [3.05, 3.63) is 77.7 Å². The van der Waals surface area contributed by atoms with Crippen LogP contribution in [0.2, 0.25) is 0 Å². The summed E-state index contributed by atoms with van der Waals surface area (Å²) < 4.78 is 78.7. The summed E-state index contributed by atoms with van der Waals surface area (Å²) in [6.45, 7) is 1.79. The molecule has 1 aromatic heterocycles. The fourth-order valence-corrected chi connectivity index (χ4v) is 3.61. The summed E-state index contributed by atoms with van der Waals surface area (Å²) in [4.78, 5) is 3.44. The van der Waals surface area contributed by atoms with Gasteiger partial charge in [-0.25, -0.2) is 17.8 Å². The van der Waals surface area contributed by atoms with Crippen molar-refractivity contribution in [2.75, 3.05) is 4.72 Å². The SMILES string of the molecule is Cc1ccc(F)cc1-c1ccc(NS(=O)(=O)c2cccc(C(F)(F)F)c2)nc1. The van der Waals surface area contributed by atoms with Gasteiger partial charge >= 0.3 is 6.18 Å². The second kappa shape index (κ2) is 7.23. The standard InChI is InChI=1S/C19H14F4N2O2S/c1-12-5-7-15(20)10-17(12)13-6-8-18(24-11-13)25-28(26,27)16-4-2-3-14(9-16)19(21,22)23/h2-11H,1H3,(H,24,25). The lowest BCUT2D eigenvalue weighted by Crippen LogP contribution is -2.15. The molecule has 0 aliphatic carbocycles. The van der Waals surface area contributed by atoms with Crippen LogP contribution in [0.15, 0.2) is 65.7 Å². The quantitative estimate of drug-likeness (QED) is 0.615. The minimum atomic E-state index is -4.66. The lowest BCUT2D eigenvalue weighted by molar-refractivity contribution is -0.137. The molecule has 0 bridgehead atoms. The van der Waals surface area contributed by atoms with Gasteiger partial charge in [-0.3, -0.25) is 4.72 Å². The van der Waals surface area contributed by atoms with Crippen molar-refractivity contribution in [3.63, 3.8) is 0 Å². The van der Waals surface area contributed by atoms with Crippen molar-refractivity contribution in [2.24, 2.45) is 0 Å². The number of rotatable bonds is 4. The van der Waals surface area contributed by atoms with Crippen LogP contribution in [0.1, 0.15) is 11.1 Å². The number of pyridine rings is 1. The van der Waals surface area contributed by atoms with Crippen molar-refractivity contribution in [2.45, 2.75) is 18.0 Å². The van der Waals surface area contributed by atoms with E-state index in [4.69, 9.17) is 0 Å². The number of nitrogens with one attached hydrogen (secondary N) is 1. The average Bonchev–Trinajstić information content (AvgIpc) is 2.64. The molecule has 0 aliphatic heterocycles. The second-order valence-electron chi connectivity index (χ2n) is 6.02. The van der Waals surface area contributed by atoms with Crippen LogP contribution >= 0.6 is 0 Å². The maximum atomic E-state index is 13.4. The first-order valence-corrected chi connectivity index (χ1v) is 9.47. The van der Waals surface area contributed by atoms with Gasteiger partial charge < -0.3 is 0 Å². The summed E-state index contributed by atoms with van der Waals surface area (Å²) >= 11 is 0. The molecule has 2 aromatic carbocycles. The van der Waals surface area contributed by atoms with Crippen LogP contribution in [-0.4, -0.2) is 13.4 Å². The van der Waals surface area contributed by atoms with E-state index >= 15 is 0 Å². The molecule has 0 saturated carbocycles. The maximum Gasteiger partial charge on any atom is 0.416 e. The first kappa shape index (κ1) is 19.8. The highest BCUT2D eigenvalue weighted by Gasteiger charge is 2.31. The molecule has 1 heterocycles. The Labute approximate surface area is 158 Å². The van der Waals surface area contributed by atoms with E-state index in [0.717, 1.165) is 23.8 Å². The molecule has 1 N–H and O–H groups in total. The van der Waals surface area contributed by atoms with Crippen LogP contribution < -0.4 is 4.72 Å². The number of aryl methyl sites for hydroxylation is 1. The van der Waals surface area contributed by atoms with Gasteiger partial charge in [0.2, 0.25) is 0 Å². The summed E-state index contributed by atoms with van der Waals surface area (Å²) in [6, 6.07) is 10.6. The monoisotopic (exact) mass is 410 g/mol. The number of alkyl halides is 3. The largest absolute Gasteiger partial charge is 0.416 e. The lowest BCUT2D eigenvalue weighted by atomic mass is 10.0. The van der Waals surface area contributed by atoms with Crippen molar-refractivity contribution in [1.82, 2.24) is 4.98 Å². The molecule has 9 heteroatoms. The van der Waals surface area contributed by atoms with Gasteiger partial charge in [-0.15, -0.1) is 0 Å². The van der Waals surface area contributed by atoms with E-state index in [9.17, 15) is 26.0 Å². The van der Waals surface area contributed by atoms with Crippen molar-refractivity contribution in [1.29, 1.82) is 0 Å². The molecule has 4 nitrogen and oxygen atoms in total. The summed E-state index contributed by atoms with van der Waals surface area (Å²) in [5.41, 5.74) is 0.902. The van der Waals surface area contributed by atoms with E-state index in [2.05, 4.69) is 9.71 Å². The van der Waals surface area contributed by atoms with Crippen LogP contribution in [0.25, 0.3) is 11.1 Å². The Morgan fingerprint density at radius 3 is 2.39 bits per heavy atom. The Morgan fingerprint density at radius 2 is 1.75 bits per heavy atom. The van der Waals surface area contributed by atoms with E-state index < -0.39 is 32.5 Å². The molecular formula is C19H14F4N2O2S. The maximum absolute atomic E-state index is 13.4. The van der Waals surface area contributed by atoms with E-state index in [0.29, 0.717) is 17.2 Å². The van der Waals surface area contributed by atoms with Crippen molar-refractivity contribution in [3.8, 4) is 11.1 Å². The Balaban J connectivity index is 1.87. The van der Waals surface area contributed by atoms with Gasteiger partial charge in [-0.05, 0) is 60.5 Å². The number of halogens is 4. The number of hydrogen-bond acceptors (Lipinski definition) is 3. The Kier molecular flexibility index (Phi) is 5.12. The highest BCUT2D eigenvalue weighted by Crippen LogP contribution is 2.31. The molecular weight excluding hydrogens is 396 g/mol. The van der Waals surface area contributed by atoms with E-state index in [1.165, 1.54) is 24.4 Å². The summed E-state index contributed by atoms with van der Waals surface area (Å²) in [6.07, 6.45) is -3.31. The highest BCUT2D eigenvalue weighted by atomic mass is 32.2. The van der Waals surface area contributed by atoms with Gasteiger partial charge in [0.25, 0.3) is 10.0 Å². The molecule has 0 radical (unpaired) electrons. The second-order valence-corrected chi connectivity index (χ2v) is 7.70. The number of aromatic nitrogens is 1. The van der Waals surface area contributed by atoms with Gasteiger partial charge in [0.1, 0.15) is 11.6 Å². The normalized spacial score (nSPS) is 12.0. The number of hydrogen-bond donors (Lipinski definition) is 1. The zero-order chi connectivity index (χ0) is 20.5. The predicted octanol–water partition coefficient (Wildman–Crippen LogP) is 5.02. The Hall–Kier alpha value is -2.94. The van der Waals surface area contributed by atoms with Gasteiger partial charge in [-0.2, -0.15) is 13.2 Å². The van der Waals surface area contributed by atoms with Crippen LogP contribution in [-0.2, 0) is 16.2 Å². The molecule has 3 rings (SSSR count). The Bertz CT molecular complexity index is 1110. The topological polar surface area (TPSA) is 59.1 Å². The molecule has 146 valence electrons. The molecule has 0 spiro atoms. The van der Waals surface area contributed by atoms with Crippen LogP contribution in [0.4, 0.5) is 23.4 Å². The molecule has 0 saturated heterocycles. The third-order valence-electron chi connectivity index (χ3n) is 3.98. The third-order valence-corrected chi connectivity index (χ3v) is 5.34. The minimum absolute atomic E-state index is 0.0739. The molecule has 28 heavy (non-hydrogen) atoms. The molecule has 0 amide bonds. The van der Waals surface area contributed by atoms with E-state index in [-0.39, 0.29) is 5.82 Å². The first-order chi connectivity index (χ1) is 13.1. The molecule has 0 unspecified atom stereocenters. The zero-order valence-electron chi connectivity index (χ0n) is 14.5. The highest BCUT2D eigenvalue weighted by molar-refractivity contribution is 7.92. The van der Waals surface area contributed by atoms with Crippen LogP contribution in [0.5, 0.6) is 0 Å². The molecule has 0 fully saturated rings. The van der Waals surface area contributed by atoms with E-state index in [1.54, 1.807) is 19.1 Å². The average molecular weight is 410 g/mol. The van der Waals surface area contributed by atoms with Crippen LogP contribution in [0.3, 0.4) is 0 Å². The summed E-state index contributed by atoms with van der Waals surface area (Å²) in [5.74, 6) is -0.495. The van der Waals surface area contributed by atoms with E-state index in [1.807, 2.05) is 0 Å². The number of sulfonamides is 1. The number of benzene rings is 2. The summed E-state index contributed by atoms with van der Waals surface area (Å²) in [7, 11) is -4.26. The third kappa shape index (κ3) is 4.30. The zero-order valence-corrected chi connectivity index (χ0v) is 15.3. The van der Waals surface area contributed by atoms with Gasteiger partial charge in [0.15, 0.2) is 0 Å². The van der Waals surface area contributed by atoms with Crippen molar-refractivity contribution < 1.29 is 26.0 Å². The summed E-state index contributed by atoms with van der Waals surface area (Å²) in [5, 5.41) is 0. The fourth-order valence-electron chi connectivity index (χ4n) is 2.55.